The number of aromatic nitrogens is 3. The smallest absolute Gasteiger partial charge is 0.220 e. The van der Waals surface area contributed by atoms with E-state index in [0.29, 0.717) is 12.8 Å². The predicted molar refractivity (Wildman–Crippen MR) is 72.4 cm³/mol. The zero-order valence-corrected chi connectivity index (χ0v) is 11.2. The van der Waals surface area contributed by atoms with Crippen molar-refractivity contribution in [2.75, 3.05) is 0 Å². The zero-order chi connectivity index (χ0) is 13.7. The van der Waals surface area contributed by atoms with Gasteiger partial charge < -0.3 is 5.32 Å². The third-order valence-electron chi connectivity index (χ3n) is 2.93. The molecule has 2 heterocycles. The van der Waals surface area contributed by atoms with Crippen molar-refractivity contribution in [1.82, 2.24) is 20.5 Å². The summed E-state index contributed by atoms with van der Waals surface area (Å²) in [6.07, 6.45) is 4.68. The maximum Gasteiger partial charge on any atom is 0.220 e. The van der Waals surface area contributed by atoms with Crippen LogP contribution in [0.2, 0.25) is 0 Å². The van der Waals surface area contributed by atoms with E-state index in [2.05, 4.69) is 20.5 Å². The lowest BCUT2D eigenvalue weighted by molar-refractivity contribution is -0.121. The van der Waals surface area contributed by atoms with Gasteiger partial charge in [0.15, 0.2) is 0 Å². The molecule has 2 aromatic rings. The highest BCUT2D eigenvalue weighted by molar-refractivity contribution is 5.76. The van der Waals surface area contributed by atoms with Gasteiger partial charge in [-0.1, -0.05) is 6.07 Å². The van der Waals surface area contributed by atoms with E-state index in [9.17, 15) is 4.79 Å². The topological polar surface area (TPSA) is 70.7 Å². The van der Waals surface area contributed by atoms with Crippen LogP contribution < -0.4 is 5.32 Å². The van der Waals surface area contributed by atoms with Crippen molar-refractivity contribution in [1.29, 1.82) is 0 Å². The summed E-state index contributed by atoms with van der Waals surface area (Å²) in [5.41, 5.74) is 2.88. The Morgan fingerprint density at radius 1 is 1.47 bits per heavy atom. The Morgan fingerprint density at radius 2 is 2.32 bits per heavy atom. The lowest BCUT2D eigenvalue weighted by atomic mass is 10.1. The van der Waals surface area contributed by atoms with E-state index in [0.717, 1.165) is 17.0 Å². The molecule has 2 aromatic heterocycles. The summed E-state index contributed by atoms with van der Waals surface area (Å²) in [4.78, 5) is 16.2. The maximum atomic E-state index is 11.8. The SMILES string of the molecule is Cc1cccc([C@H](C)NC(=O)CCc2cn[nH]c2)n1. The second-order valence-corrected chi connectivity index (χ2v) is 4.60. The summed E-state index contributed by atoms with van der Waals surface area (Å²) in [5.74, 6) is 0.0250. The molecule has 0 aliphatic heterocycles. The quantitative estimate of drug-likeness (QED) is 0.860. The first-order valence-corrected chi connectivity index (χ1v) is 6.35. The lowest BCUT2D eigenvalue weighted by Gasteiger charge is -2.13. The first-order valence-electron chi connectivity index (χ1n) is 6.35. The number of carbonyl (C=O) groups is 1. The fourth-order valence-electron chi connectivity index (χ4n) is 1.87. The van der Waals surface area contributed by atoms with Gasteiger partial charge in [-0.05, 0) is 38.0 Å². The Labute approximate surface area is 112 Å². The average molecular weight is 258 g/mol. The summed E-state index contributed by atoms with van der Waals surface area (Å²) < 4.78 is 0. The largest absolute Gasteiger partial charge is 0.348 e. The second kappa shape index (κ2) is 6.13. The van der Waals surface area contributed by atoms with Crippen molar-refractivity contribution < 1.29 is 4.79 Å². The molecular formula is C14H18N4O. The standard InChI is InChI=1S/C14H18N4O/c1-10-4-3-5-13(17-10)11(2)18-14(19)7-6-12-8-15-16-9-12/h3-5,8-9,11H,6-7H2,1-2H3,(H,15,16)(H,18,19)/t11-/m0/s1. The van der Waals surface area contributed by atoms with Gasteiger partial charge in [-0.3, -0.25) is 14.9 Å². The Kier molecular flexibility index (Phi) is 4.28. The summed E-state index contributed by atoms with van der Waals surface area (Å²) in [7, 11) is 0. The molecule has 0 spiro atoms. The molecule has 0 fully saturated rings. The number of nitrogens with one attached hydrogen (secondary N) is 2. The molecule has 0 aromatic carbocycles. The Morgan fingerprint density at radius 3 is 3.00 bits per heavy atom. The number of amides is 1. The van der Waals surface area contributed by atoms with E-state index in [1.54, 1.807) is 12.4 Å². The zero-order valence-electron chi connectivity index (χ0n) is 11.2. The molecule has 0 aliphatic rings. The summed E-state index contributed by atoms with van der Waals surface area (Å²) in [5, 5.41) is 9.54. The molecule has 2 N–H and O–H groups in total. The molecule has 0 radical (unpaired) electrons. The lowest BCUT2D eigenvalue weighted by Crippen LogP contribution is -2.27. The van der Waals surface area contributed by atoms with Gasteiger partial charge in [0, 0.05) is 18.3 Å². The van der Waals surface area contributed by atoms with Crippen LogP contribution in [0.4, 0.5) is 0 Å². The third-order valence-corrected chi connectivity index (χ3v) is 2.93. The Balaban J connectivity index is 1.84. The molecule has 5 heteroatoms. The third kappa shape index (κ3) is 3.91. The molecule has 1 atom stereocenters. The number of aromatic amines is 1. The van der Waals surface area contributed by atoms with Gasteiger partial charge in [-0.2, -0.15) is 5.10 Å². The fourth-order valence-corrected chi connectivity index (χ4v) is 1.87. The predicted octanol–water partition coefficient (Wildman–Crippen LogP) is 1.92. The van der Waals surface area contributed by atoms with Gasteiger partial charge in [0.25, 0.3) is 0 Å². The van der Waals surface area contributed by atoms with Gasteiger partial charge in [-0.25, -0.2) is 0 Å². The number of aryl methyl sites for hydroxylation is 2. The highest BCUT2D eigenvalue weighted by Gasteiger charge is 2.10. The molecule has 2 rings (SSSR count). The molecule has 19 heavy (non-hydrogen) atoms. The molecule has 1 amide bonds. The number of pyridine rings is 1. The first-order chi connectivity index (χ1) is 9.15. The average Bonchev–Trinajstić information content (AvgIpc) is 2.89. The van der Waals surface area contributed by atoms with Crippen LogP contribution in [0.5, 0.6) is 0 Å². The summed E-state index contributed by atoms with van der Waals surface area (Å²) in [6.45, 7) is 3.88. The second-order valence-electron chi connectivity index (χ2n) is 4.60. The van der Waals surface area contributed by atoms with E-state index < -0.39 is 0 Å². The molecule has 100 valence electrons. The van der Waals surface area contributed by atoms with E-state index in [1.807, 2.05) is 32.0 Å². The van der Waals surface area contributed by atoms with Crippen LogP contribution in [0.25, 0.3) is 0 Å². The Hall–Kier alpha value is -2.17. The fraction of sp³-hybridized carbons (Fsp3) is 0.357. The van der Waals surface area contributed by atoms with Crippen molar-refractivity contribution >= 4 is 5.91 Å². The highest BCUT2D eigenvalue weighted by Crippen LogP contribution is 2.10. The Bertz CT molecular complexity index is 536. The van der Waals surface area contributed by atoms with Crippen LogP contribution in [-0.2, 0) is 11.2 Å². The van der Waals surface area contributed by atoms with Crippen LogP contribution in [0.1, 0.15) is 36.3 Å². The maximum absolute atomic E-state index is 11.8. The van der Waals surface area contributed by atoms with Crippen molar-refractivity contribution in [3.05, 3.63) is 47.5 Å². The van der Waals surface area contributed by atoms with E-state index in [4.69, 9.17) is 0 Å². The first kappa shape index (κ1) is 13.3. The molecule has 0 saturated heterocycles. The van der Waals surface area contributed by atoms with E-state index >= 15 is 0 Å². The van der Waals surface area contributed by atoms with Crippen molar-refractivity contribution in [2.45, 2.75) is 32.7 Å². The number of hydrogen-bond acceptors (Lipinski definition) is 3. The summed E-state index contributed by atoms with van der Waals surface area (Å²) >= 11 is 0. The van der Waals surface area contributed by atoms with E-state index in [-0.39, 0.29) is 11.9 Å². The molecule has 0 bridgehead atoms. The van der Waals surface area contributed by atoms with Gasteiger partial charge in [-0.15, -0.1) is 0 Å². The van der Waals surface area contributed by atoms with Gasteiger partial charge >= 0.3 is 0 Å². The molecule has 0 unspecified atom stereocenters. The van der Waals surface area contributed by atoms with Crippen LogP contribution in [0.15, 0.2) is 30.6 Å². The van der Waals surface area contributed by atoms with Crippen LogP contribution in [-0.4, -0.2) is 21.1 Å². The minimum atomic E-state index is -0.0725. The highest BCUT2D eigenvalue weighted by atomic mass is 16.1. The van der Waals surface area contributed by atoms with Crippen LogP contribution in [0.3, 0.4) is 0 Å². The van der Waals surface area contributed by atoms with Crippen molar-refractivity contribution in [3.8, 4) is 0 Å². The van der Waals surface area contributed by atoms with Crippen LogP contribution in [0, 0.1) is 6.92 Å². The molecule has 0 aliphatic carbocycles. The minimum Gasteiger partial charge on any atom is -0.348 e. The van der Waals surface area contributed by atoms with Gasteiger partial charge in [0.1, 0.15) is 0 Å². The molecule has 5 nitrogen and oxygen atoms in total. The van der Waals surface area contributed by atoms with Gasteiger partial charge in [0.05, 0.1) is 17.9 Å². The van der Waals surface area contributed by atoms with E-state index in [1.165, 1.54) is 0 Å². The van der Waals surface area contributed by atoms with Crippen LogP contribution >= 0.6 is 0 Å². The monoisotopic (exact) mass is 258 g/mol. The van der Waals surface area contributed by atoms with Crippen molar-refractivity contribution in [2.24, 2.45) is 0 Å². The van der Waals surface area contributed by atoms with Gasteiger partial charge in [0.2, 0.25) is 5.91 Å². The normalized spacial score (nSPS) is 12.1. The number of rotatable bonds is 5. The molecule has 0 saturated carbocycles. The number of hydrogen-bond donors (Lipinski definition) is 2. The minimum absolute atomic E-state index is 0.0250. The number of carbonyl (C=O) groups excluding carboxylic acids is 1. The molecular weight excluding hydrogens is 240 g/mol. The number of nitrogens with zero attached hydrogens (tertiary/aromatic N) is 2. The summed E-state index contributed by atoms with van der Waals surface area (Å²) in [6, 6.07) is 5.74. The number of H-pyrrole nitrogens is 1. The van der Waals surface area contributed by atoms with Crippen molar-refractivity contribution in [3.63, 3.8) is 0 Å².